The predicted octanol–water partition coefficient (Wildman–Crippen LogP) is 2.37. The van der Waals surface area contributed by atoms with E-state index in [1.165, 1.54) is 0 Å². The fourth-order valence-corrected chi connectivity index (χ4v) is 1.85. The van der Waals surface area contributed by atoms with E-state index in [2.05, 4.69) is 9.72 Å². The van der Waals surface area contributed by atoms with Gasteiger partial charge in [0.15, 0.2) is 5.69 Å². The second-order valence-electron chi connectivity index (χ2n) is 4.14. The summed E-state index contributed by atoms with van der Waals surface area (Å²) in [5.74, 6) is -1.30. The summed E-state index contributed by atoms with van der Waals surface area (Å²) in [6, 6.07) is 11.1. The zero-order valence-corrected chi connectivity index (χ0v) is 9.64. The first kappa shape index (κ1) is 10.7. The van der Waals surface area contributed by atoms with Crippen molar-refractivity contribution < 1.29 is 14.3 Å². The lowest BCUT2D eigenvalue weighted by Gasteiger charge is -2.02. The van der Waals surface area contributed by atoms with Crippen molar-refractivity contribution >= 4 is 11.9 Å². The summed E-state index contributed by atoms with van der Waals surface area (Å²) in [6.45, 7) is 2.00. The summed E-state index contributed by atoms with van der Waals surface area (Å²) in [5, 5.41) is 0. The number of hydrogen-bond donors (Lipinski definition) is 0. The Morgan fingerprint density at radius 2 is 1.67 bits per heavy atom. The highest BCUT2D eigenvalue weighted by molar-refractivity contribution is 6.13. The molecule has 0 N–H and O–H groups in total. The third kappa shape index (κ3) is 1.59. The topological polar surface area (TPSA) is 56.3 Å². The van der Waals surface area contributed by atoms with Crippen LogP contribution in [0.4, 0.5) is 0 Å². The molecule has 0 aliphatic carbocycles. The standard InChI is InChI=1S/C14H9NO3/c1-8-2-4-9(5-3-8)11-7-6-10-12(15-11)14(17)18-13(10)16/h2-7H,1H3. The van der Waals surface area contributed by atoms with Gasteiger partial charge in [0.1, 0.15) is 0 Å². The summed E-state index contributed by atoms with van der Waals surface area (Å²) >= 11 is 0. The van der Waals surface area contributed by atoms with E-state index in [1.54, 1.807) is 12.1 Å². The van der Waals surface area contributed by atoms with Crippen molar-refractivity contribution in [3.63, 3.8) is 0 Å². The van der Waals surface area contributed by atoms with Gasteiger partial charge in [0.05, 0.1) is 11.3 Å². The highest BCUT2D eigenvalue weighted by atomic mass is 16.6. The average Bonchev–Trinajstić information content (AvgIpc) is 2.66. The first-order valence-electron chi connectivity index (χ1n) is 5.50. The number of benzene rings is 1. The van der Waals surface area contributed by atoms with Gasteiger partial charge in [-0.3, -0.25) is 0 Å². The number of cyclic esters (lactones) is 2. The van der Waals surface area contributed by atoms with Gasteiger partial charge in [0.2, 0.25) is 0 Å². The van der Waals surface area contributed by atoms with Crippen molar-refractivity contribution in [3.8, 4) is 11.3 Å². The number of aromatic nitrogens is 1. The monoisotopic (exact) mass is 239 g/mol. The number of carbonyl (C=O) groups excluding carboxylic acids is 2. The van der Waals surface area contributed by atoms with E-state index in [0.717, 1.165) is 11.1 Å². The Hall–Kier alpha value is -2.49. The van der Waals surface area contributed by atoms with E-state index >= 15 is 0 Å². The van der Waals surface area contributed by atoms with Crippen LogP contribution in [0.2, 0.25) is 0 Å². The second kappa shape index (κ2) is 3.77. The van der Waals surface area contributed by atoms with E-state index in [9.17, 15) is 9.59 Å². The summed E-state index contributed by atoms with van der Waals surface area (Å²) < 4.78 is 4.50. The van der Waals surface area contributed by atoms with Crippen LogP contribution in [0.25, 0.3) is 11.3 Å². The Morgan fingerprint density at radius 1 is 0.944 bits per heavy atom. The lowest BCUT2D eigenvalue weighted by atomic mass is 10.1. The molecule has 0 saturated heterocycles. The molecule has 4 heteroatoms. The molecule has 1 aromatic heterocycles. The molecule has 18 heavy (non-hydrogen) atoms. The van der Waals surface area contributed by atoms with Crippen LogP contribution in [0.15, 0.2) is 36.4 Å². The Morgan fingerprint density at radius 3 is 2.39 bits per heavy atom. The van der Waals surface area contributed by atoms with Gasteiger partial charge in [-0.15, -0.1) is 0 Å². The molecule has 0 bridgehead atoms. The maximum Gasteiger partial charge on any atom is 0.365 e. The molecule has 88 valence electrons. The number of pyridine rings is 1. The molecule has 1 aliphatic heterocycles. The van der Waals surface area contributed by atoms with Crippen LogP contribution in [0.1, 0.15) is 26.4 Å². The lowest BCUT2D eigenvalue weighted by molar-refractivity contribution is 0.0441. The van der Waals surface area contributed by atoms with Crippen LogP contribution in [0.3, 0.4) is 0 Å². The summed E-state index contributed by atoms with van der Waals surface area (Å²) in [6.07, 6.45) is 0. The van der Waals surface area contributed by atoms with Gasteiger partial charge in [0, 0.05) is 5.56 Å². The molecule has 0 spiro atoms. The molecule has 1 aliphatic rings. The van der Waals surface area contributed by atoms with Crippen LogP contribution in [-0.4, -0.2) is 16.9 Å². The van der Waals surface area contributed by atoms with Crippen LogP contribution in [-0.2, 0) is 4.74 Å². The van der Waals surface area contributed by atoms with E-state index in [0.29, 0.717) is 5.69 Å². The SMILES string of the molecule is Cc1ccc(-c2ccc3c(n2)C(=O)OC3=O)cc1. The number of ether oxygens (including phenoxy) is 1. The molecule has 0 saturated carbocycles. The Balaban J connectivity index is 2.11. The third-order valence-corrected chi connectivity index (χ3v) is 2.84. The Labute approximate surface area is 103 Å². The summed E-state index contributed by atoms with van der Waals surface area (Å²) in [4.78, 5) is 26.9. The number of hydrogen-bond acceptors (Lipinski definition) is 4. The molecule has 3 rings (SSSR count). The van der Waals surface area contributed by atoms with Crippen molar-refractivity contribution in [2.24, 2.45) is 0 Å². The molecule has 0 amide bonds. The van der Waals surface area contributed by atoms with Crippen molar-refractivity contribution in [2.75, 3.05) is 0 Å². The zero-order chi connectivity index (χ0) is 12.7. The number of aryl methyl sites for hydroxylation is 1. The Kier molecular flexibility index (Phi) is 2.23. The minimum Gasteiger partial charge on any atom is -0.384 e. The summed E-state index contributed by atoms with van der Waals surface area (Å²) in [7, 11) is 0. The molecule has 2 aromatic rings. The highest BCUT2D eigenvalue weighted by Crippen LogP contribution is 2.23. The van der Waals surface area contributed by atoms with Gasteiger partial charge in [0.25, 0.3) is 0 Å². The molecule has 4 nitrogen and oxygen atoms in total. The molecule has 0 fully saturated rings. The van der Waals surface area contributed by atoms with E-state index in [4.69, 9.17) is 0 Å². The van der Waals surface area contributed by atoms with Crippen LogP contribution in [0, 0.1) is 6.92 Å². The zero-order valence-electron chi connectivity index (χ0n) is 9.64. The minimum absolute atomic E-state index is 0.0954. The fraction of sp³-hybridized carbons (Fsp3) is 0.0714. The van der Waals surface area contributed by atoms with Gasteiger partial charge >= 0.3 is 11.9 Å². The first-order valence-corrected chi connectivity index (χ1v) is 5.50. The molecule has 1 aromatic carbocycles. The summed E-state index contributed by atoms with van der Waals surface area (Å²) in [5.41, 5.74) is 3.03. The van der Waals surface area contributed by atoms with Gasteiger partial charge < -0.3 is 4.74 Å². The predicted molar refractivity (Wildman–Crippen MR) is 64.2 cm³/mol. The van der Waals surface area contributed by atoms with Gasteiger partial charge in [-0.25, -0.2) is 14.6 Å². The van der Waals surface area contributed by atoms with Crippen molar-refractivity contribution in [3.05, 3.63) is 53.2 Å². The van der Waals surface area contributed by atoms with Crippen molar-refractivity contribution in [2.45, 2.75) is 6.92 Å². The van der Waals surface area contributed by atoms with E-state index in [-0.39, 0.29) is 11.3 Å². The Bertz CT molecular complexity index is 659. The smallest absolute Gasteiger partial charge is 0.365 e. The largest absolute Gasteiger partial charge is 0.384 e. The average molecular weight is 239 g/mol. The quantitative estimate of drug-likeness (QED) is 0.566. The first-order chi connectivity index (χ1) is 8.65. The fourth-order valence-electron chi connectivity index (χ4n) is 1.85. The van der Waals surface area contributed by atoms with Crippen molar-refractivity contribution in [1.29, 1.82) is 0 Å². The molecule has 0 unspecified atom stereocenters. The van der Waals surface area contributed by atoms with Crippen LogP contribution < -0.4 is 0 Å². The van der Waals surface area contributed by atoms with Crippen molar-refractivity contribution in [1.82, 2.24) is 4.98 Å². The van der Waals surface area contributed by atoms with E-state index < -0.39 is 11.9 Å². The normalized spacial score (nSPS) is 13.4. The van der Waals surface area contributed by atoms with Crippen LogP contribution >= 0.6 is 0 Å². The lowest BCUT2D eigenvalue weighted by Crippen LogP contribution is -1.99. The van der Waals surface area contributed by atoms with Crippen LogP contribution in [0.5, 0.6) is 0 Å². The molecular weight excluding hydrogens is 230 g/mol. The number of fused-ring (bicyclic) bond motifs is 1. The van der Waals surface area contributed by atoms with E-state index in [1.807, 2.05) is 31.2 Å². The number of carbonyl (C=O) groups is 2. The maximum atomic E-state index is 11.4. The second-order valence-corrected chi connectivity index (χ2v) is 4.14. The highest BCUT2D eigenvalue weighted by Gasteiger charge is 2.31. The maximum absolute atomic E-state index is 11.4. The molecule has 0 atom stereocenters. The number of rotatable bonds is 1. The minimum atomic E-state index is -0.677. The van der Waals surface area contributed by atoms with Gasteiger partial charge in [-0.05, 0) is 19.1 Å². The molecule has 0 radical (unpaired) electrons. The number of esters is 2. The number of nitrogens with zero attached hydrogens (tertiary/aromatic N) is 1. The van der Waals surface area contributed by atoms with Gasteiger partial charge in [-0.2, -0.15) is 0 Å². The third-order valence-electron chi connectivity index (χ3n) is 2.84. The molecule has 2 heterocycles. The molecular formula is C14H9NO3. The van der Waals surface area contributed by atoms with Gasteiger partial charge in [-0.1, -0.05) is 29.8 Å².